The summed E-state index contributed by atoms with van der Waals surface area (Å²) >= 11 is 0. The molecule has 1 aromatic rings. The van der Waals surface area contributed by atoms with Crippen molar-refractivity contribution in [3.8, 4) is 0 Å². The second-order valence-electron chi connectivity index (χ2n) is 4.66. The van der Waals surface area contributed by atoms with Crippen molar-refractivity contribution in [2.24, 2.45) is 5.41 Å². The molecule has 72 valence electrons. The lowest BCUT2D eigenvalue weighted by Gasteiger charge is -2.35. The molecule has 1 aliphatic heterocycles. The average molecular weight is 180 g/mol. The predicted molar refractivity (Wildman–Crippen MR) is 51.6 cm³/mol. The highest BCUT2D eigenvalue weighted by atomic mass is 15.4. The largest absolute Gasteiger partial charge is 0.354 e. The van der Waals surface area contributed by atoms with Crippen molar-refractivity contribution in [3.63, 3.8) is 0 Å². The molecule has 13 heavy (non-hydrogen) atoms. The summed E-state index contributed by atoms with van der Waals surface area (Å²) < 4.78 is 2.14. The number of hydrogen-bond acceptors (Lipinski definition) is 3. The Morgan fingerprint density at radius 1 is 1.54 bits per heavy atom. The first-order valence-corrected chi connectivity index (χ1v) is 4.72. The molecule has 4 nitrogen and oxygen atoms in total. The quantitative estimate of drug-likeness (QED) is 0.660. The number of hydrogen-bond donors (Lipinski definition) is 1. The van der Waals surface area contributed by atoms with E-state index in [9.17, 15) is 0 Å². The first-order valence-electron chi connectivity index (χ1n) is 4.72. The van der Waals surface area contributed by atoms with Crippen molar-refractivity contribution in [1.29, 1.82) is 0 Å². The van der Waals surface area contributed by atoms with Crippen LogP contribution in [-0.2, 0) is 0 Å². The smallest absolute Gasteiger partial charge is 0.224 e. The second kappa shape index (κ2) is 2.72. The van der Waals surface area contributed by atoms with E-state index >= 15 is 0 Å². The standard InChI is InChI=1S/C9H16N4/c1-9(2,3)7-4-5-10-8-12-11-6-13(7)8/h6-7H,4-5H2,1-3H3,(H,10,12). The zero-order chi connectivity index (χ0) is 9.47. The minimum Gasteiger partial charge on any atom is -0.354 e. The van der Waals surface area contributed by atoms with E-state index in [4.69, 9.17) is 0 Å². The summed E-state index contributed by atoms with van der Waals surface area (Å²) in [6, 6.07) is 0.513. The minimum atomic E-state index is 0.277. The molecule has 1 aliphatic rings. The Balaban J connectivity index is 2.35. The highest BCUT2D eigenvalue weighted by Crippen LogP contribution is 2.36. The highest BCUT2D eigenvalue weighted by Gasteiger charge is 2.30. The molecule has 1 unspecified atom stereocenters. The van der Waals surface area contributed by atoms with Gasteiger partial charge in [0.05, 0.1) is 0 Å². The highest BCUT2D eigenvalue weighted by molar-refractivity contribution is 5.27. The third-order valence-corrected chi connectivity index (χ3v) is 2.61. The van der Waals surface area contributed by atoms with Gasteiger partial charge in [-0.3, -0.25) is 4.57 Å². The van der Waals surface area contributed by atoms with Crippen LogP contribution >= 0.6 is 0 Å². The van der Waals surface area contributed by atoms with Crippen LogP contribution in [0.5, 0.6) is 0 Å². The molecule has 0 aliphatic carbocycles. The maximum Gasteiger partial charge on any atom is 0.224 e. The summed E-state index contributed by atoms with van der Waals surface area (Å²) in [7, 11) is 0. The number of rotatable bonds is 0. The summed E-state index contributed by atoms with van der Waals surface area (Å²) in [6.07, 6.45) is 2.96. The molecular formula is C9H16N4. The summed E-state index contributed by atoms with van der Waals surface area (Å²) in [5.74, 6) is 0.908. The minimum absolute atomic E-state index is 0.277. The summed E-state index contributed by atoms with van der Waals surface area (Å²) in [5, 5.41) is 11.2. The van der Waals surface area contributed by atoms with Crippen molar-refractivity contribution in [2.75, 3.05) is 11.9 Å². The first-order chi connectivity index (χ1) is 6.09. The maximum atomic E-state index is 4.02. The molecule has 1 N–H and O–H groups in total. The fourth-order valence-electron chi connectivity index (χ4n) is 1.91. The molecule has 0 fully saturated rings. The Morgan fingerprint density at radius 3 is 3.00 bits per heavy atom. The van der Waals surface area contributed by atoms with Crippen LogP contribution in [0.4, 0.5) is 5.95 Å². The molecule has 0 saturated carbocycles. The van der Waals surface area contributed by atoms with Gasteiger partial charge in [0, 0.05) is 12.6 Å². The Bertz CT molecular complexity index is 297. The Kier molecular flexibility index (Phi) is 1.78. The van der Waals surface area contributed by atoms with Crippen LogP contribution in [0.15, 0.2) is 6.33 Å². The van der Waals surface area contributed by atoms with Gasteiger partial charge in [0.15, 0.2) is 0 Å². The molecule has 0 amide bonds. The van der Waals surface area contributed by atoms with E-state index in [0.29, 0.717) is 6.04 Å². The van der Waals surface area contributed by atoms with Gasteiger partial charge in [-0.15, -0.1) is 10.2 Å². The van der Waals surface area contributed by atoms with Crippen molar-refractivity contribution < 1.29 is 0 Å². The molecule has 1 aromatic heterocycles. The lowest BCUT2D eigenvalue weighted by Crippen LogP contribution is -2.31. The van der Waals surface area contributed by atoms with Gasteiger partial charge in [-0.1, -0.05) is 20.8 Å². The Morgan fingerprint density at radius 2 is 2.31 bits per heavy atom. The number of aromatic nitrogens is 3. The van der Waals surface area contributed by atoms with E-state index in [0.717, 1.165) is 18.9 Å². The fraction of sp³-hybridized carbons (Fsp3) is 0.778. The van der Waals surface area contributed by atoms with Crippen LogP contribution in [-0.4, -0.2) is 21.3 Å². The maximum absolute atomic E-state index is 4.02. The van der Waals surface area contributed by atoms with Gasteiger partial charge in [-0.2, -0.15) is 0 Å². The van der Waals surface area contributed by atoms with Crippen LogP contribution in [0, 0.1) is 5.41 Å². The van der Waals surface area contributed by atoms with Gasteiger partial charge in [0.2, 0.25) is 5.95 Å². The first kappa shape index (κ1) is 8.53. The summed E-state index contributed by atoms with van der Waals surface area (Å²) in [4.78, 5) is 0. The normalized spacial score (nSPS) is 22.2. The lowest BCUT2D eigenvalue weighted by atomic mass is 9.84. The molecular weight excluding hydrogens is 164 g/mol. The molecule has 2 heterocycles. The Labute approximate surface area is 78.4 Å². The SMILES string of the molecule is CC(C)(C)C1CCNc2nncn21. The summed E-state index contributed by atoms with van der Waals surface area (Å²) in [5.41, 5.74) is 0.277. The molecule has 0 saturated heterocycles. The van der Waals surface area contributed by atoms with Gasteiger partial charge in [-0.05, 0) is 11.8 Å². The van der Waals surface area contributed by atoms with Crippen LogP contribution in [0.3, 0.4) is 0 Å². The third kappa shape index (κ3) is 1.41. The van der Waals surface area contributed by atoms with E-state index in [1.807, 2.05) is 6.33 Å². The topological polar surface area (TPSA) is 42.7 Å². The number of nitrogens with zero attached hydrogens (tertiary/aromatic N) is 3. The van der Waals surface area contributed by atoms with E-state index < -0.39 is 0 Å². The van der Waals surface area contributed by atoms with E-state index in [1.165, 1.54) is 0 Å². The monoisotopic (exact) mass is 180 g/mol. The second-order valence-corrected chi connectivity index (χ2v) is 4.66. The van der Waals surface area contributed by atoms with E-state index in [-0.39, 0.29) is 5.41 Å². The Hall–Kier alpha value is -1.06. The molecule has 0 radical (unpaired) electrons. The van der Waals surface area contributed by atoms with E-state index in [2.05, 4.69) is 40.9 Å². The molecule has 1 atom stereocenters. The number of anilines is 1. The van der Waals surface area contributed by atoms with Crippen molar-refractivity contribution in [3.05, 3.63) is 6.33 Å². The van der Waals surface area contributed by atoms with Crippen molar-refractivity contribution in [2.45, 2.75) is 33.2 Å². The third-order valence-electron chi connectivity index (χ3n) is 2.61. The average Bonchev–Trinajstić information content (AvgIpc) is 2.48. The van der Waals surface area contributed by atoms with Gasteiger partial charge in [0.1, 0.15) is 6.33 Å². The summed E-state index contributed by atoms with van der Waals surface area (Å²) in [6.45, 7) is 7.77. The lowest BCUT2D eigenvalue weighted by molar-refractivity contribution is 0.226. The van der Waals surface area contributed by atoms with Crippen LogP contribution in [0.2, 0.25) is 0 Å². The number of nitrogens with one attached hydrogen (secondary N) is 1. The molecule has 0 spiro atoms. The van der Waals surface area contributed by atoms with E-state index in [1.54, 1.807) is 0 Å². The molecule has 0 aromatic carbocycles. The van der Waals surface area contributed by atoms with Crippen molar-refractivity contribution >= 4 is 5.95 Å². The van der Waals surface area contributed by atoms with Crippen LogP contribution < -0.4 is 5.32 Å². The zero-order valence-electron chi connectivity index (χ0n) is 8.41. The van der Waals surface area contributed by atoms with Crippen LogP contribution in [0.1, 0.15) is 33.2 Å². The molecule has 2 rings (SSSR count). The fourth-order valence-corrected chi connectivity index (χ4v) is 1.91. The predicted octanol–water partition coefficient (Wildman–Crippen LogP) is 1.68. The van der Waals surface area contributed by atoms with Gasteiger partial charge >= 0.3 is 0 Å². The number of fused-ring (bicyclic) bond motifs is 1. The zero-order valence-corrected chi connectivity index (χ0v) is 8.41. The van der Waals surface area contributed by atoms with Gasteiger partial charge < -0.3 is 5.32 Å². The van der Waals surface area contributed by atoms with Gasteiger partial charge in [0.25, 0.3) is 0 Å². The van der Waals surface area contributed by atoms with Crippen molar-refractivity contribution in [1.82, 2.24) is 14.8 Å². The molecule has 4 heteroatoms. The van der Waals surface area contributed by atoms with Gasteiger partial charge in [-0.25, -0.2) is 0 Å². The van der Waals surface area contributed by atoms with Crippen LogP contribution in [0.25, 0.3) is 0 Å². The molecule has 0 bridgehead atoms.